The zero-order valence-corrected chi connectivity index (χ0v) is 12.8. The fourth-order valence-corrected chi connectivity index (χ4v) is 3.01. The molecule has 0 aliphatic heterocycles. The van der Waals surface area contributed by atoms with Crippen LogP contribution in [0.3, 0.4) is 0 Å². The van der Waals surface area contributed by atoms with Gasteiger partial charge in [-0.1, -0.05) is 33.6 Å². The van der Waals surface area contributed by atoms with Gasteiger partial charge in [-0.15, -0.1) is 0 Å². The maximum atomic E-state index is 6.35. The molecule has 0 spiro atoms. The summed E-state index contributed by atoms with van der Waals surface area (Å²) in [5, 5.41) is 3.56. The van der Waals surface area contributed by atoms with Crippen LogP contribution < -0.4 is 5.32 Å². The molecule has 1 saturated carbocycles. The van der Waals surface area contributed by atoms with E-state index < -0.39 is 0 Å². The van der Waals surface area contributed by atoms with Crippen LogP contribution in [-0.4, -0.2) is 38.0 Å². The highest BCUT2D eigenvalue weighted by Crippen LogP contribution is 2.35. The maximum absolute atomic E-state index is 6.35. The van der Waals surface area contributed by atoms with Crippen molar-refractivity contribution in [3.8, 4) is 0 Å². The van der Waals surface area contributed by atoms with Gasteiger partial charge in [0.1, 0.15) is 0 Å². The van der Waals surface area contributed by atoms with Crippen LogP contribution in [-0.2, 0) is 9.47 Å². The summed E-state index contributed by atoms with van der Waals surface area (Å²) >= 11 is 0. The van der Waals surface area contributed by atoms with Crippen LogP contribution in [0.5, 0.6) is 0 Å². The molecule has 0 amide bonds. The van der Waals surface area contributed by atoms with Gasteiger partial charge in [-0.2, -0.15) is 0 Å². The molecule has 1 aliphatic carbocycles. The third-order valence-corrected chi connectivity index (χ3v) is 3.73. The molecular formula is C15H31NO2. The number of ether oxygens (including phenoxy) is 2. The van der Waals surface area contributed by atoms with Crippen molar-refractivity contribution in [3.05, 3.63) is 0 Å². The lowest BCUT2D eigenvalue weighted by molar-refractivity contribution is -0.130. The van der Waals surface area contributed by atoms with Crippen LogP contribution in [0, 0.1) is 5.92 Å². The average molecular weight is 257 g/mol. The van der Waals surface area contributed by atoms with Gasteiger partial charge >= 0.3 is 0 Å². The average Bonchev–Trinajstić information content (AvgIpc) is 2.26. The Bertz CT molecular complexity index is 233. The van der Waals surface area contributed by atoms with E-state index in [2.05, 4.69) is 33.0 Å². The molecule has 0 radical (unpaired) electrons. The van der Waals surface area contributed by atoms with Crippen molar-refractivity contribution >= 4 is 0 Å². The smallest absolute Gasteiger partial charge is 0.0813 e. The third-order valence-electron chi connectivity index (χ3n) is 3.73. The molecule has 0 bridgehead atoms. The molecule has 0 aromatic carbocycles. The fraction of sp³-hybridized carbons (Fsp3) is 1.00. The molecule has 0 heterocycles. The van der Waals surface area contributed by atoms with Crippen molar-refractivity contribution in [2.24, 2.45) is 5.92 Å². The monoisotopic (exact) mass is 257 g/mol. The normalized spacial score (nSPS) is 30.7. The van der Waals surface area contributed by atoms with Gasteiger partial charge < -0.3 is 14.8 Å². The van der Waals surface area contributed by atoms with Crippen LogP contribution in [0.1, 0.15) is 53.4 Å². The predicted molar refractivity (Wildman–Crippen MR) is 75.9 cm³/mol. The molecule has 18 heavy (non-hydrogen) atoms. The molecule has 1 fully saturated rings. The van der Waals surface area contributed by atoms with Crippen molar-refractivity contribution in [3.63, 3.8) is 0 Å². The number of rotatable bonds is 7. The van der Waals surface area contributed by atoms with Gasteiger partial charge in [0.05, 0.1) is 18.3 Å². The highest BCUT2D eigenvalue weighted by atomic mass is 16.5. The molecule has 3 atom stereocenters. The lowest BCUT2D eigenvalue weighted by Crippen LogP contribution is -2.50. The zero-order valence-electron chi connectivity index (χ0n) is 12.8. The van der Waals surface area contributed by atoms with E-state index in [1.807, 2.05) is 0 Å². The highest BCUT2D eigenvalue weighted by Gasteiger charge is 2.37. The molecule has 1 rings (SSSR count). The van der Waals surface area contributed by atoms with E-state index in [-0.39, 0.29) is 11.7 Å². The van der Waals surface area contributed by atoms with Crippen LogP contribution in [0.2, 0.25) is 0 Å². The maximum Gasteiger partial charge on any atom is 0.0813 e. The first-order chi connectivity index (χ1) is 8.47. The lowest BCUT2D eigenvalue weighted by Gasteiger charge is -2.42. The first-order valence-electron chi connectivity index (χ1n) is 7.37. The topological polar surface area (TPSA) is 30.5 Å². The van der Waals surface area contributed by atoms with Gasteiger partial charge in [-0.05, 0) is 25.7 Å². The summed E-state index contributed by atoms with van der Waals surface area (Å²) in [5.41, 5.74) is 0.0138. The molecule has 0 aromatic heterocycles. The molecular weight excluding hydrogens is 226 g/mol. The molecule has 3 heteroatoms. The van der Waals surface area contributed by atoms with Crippen LogP contribution in [0.4, 0.5) is 0 Å². The van der Waals surface area contributed by atoms with E-state index in [1.54, 1.807) is 7.11 Å². The number of methoxy groups -OCH3 is 1. The summed E-state index contributed by atoms with van der Waals surface area (Å²) < 4.78 is 11.5. The highest BCUT2D eigenvalue weighted by molar-refractivity contribution is 4.90. The van der Waals surface area contributed by atoms with Gasteiger partial charge in [0.25, 0.3) is 0 Å². The Hall–Kier alpha value is -0.120. The standard InChI is InChI=1S/C15H31NO2/c1-12(2)16-11-15(18-14(4)10-17-5)8-6-7-13(3)9-15/h12-14,16H,6-11H2,1-5H3. The van der Waals surface area contributed by atoms with Crippen molar-refractivity contribution in [2.45, 2.75) is 71.1 Å². The Labute approximate surface area is 113 Å². The van der Waals surface area contributed by atoms with E-state index in [0.717, 1.165) is 12.5 Å². The van der Waals surface area contributed by atoms with Gasteiger partial charge in [-0.3, -0.25) is 0 Å². The van der Waals surface area contributed by atoms with E-state index in [9.17, 15) is 0 Å². The molecule has 1 aliphatic rings. The minimum atomic E-state index is 0.0138. The molecule has 1 N–H and O–H groups in total. The van der Waals surface area contributed by atoms with Crippen LogP contribution in [0.25, 0.3) is 0 Å². The van der Waals surface area contributed by atoms with Gasteiger partial charge in [0.2, 0.25) is 0 Å². The molecule has 108 valence electrons. The van der Waals surface area contributed by atoms with Crippen LogP contribution in [0.15, 0.2) is 0 Å². The zero-order chi connectivity index (χ0) is 13.6. The minimum absolute atomic E-state index is 0.0138. The molecule has 0 saturated heterocycles. The van der Waals surface area contributed by atoms with E-state index >= 15 is 0 Å². The lowest BCUT2D eigenvalue weighted by atomic mass is 9.78. The molecule has 0 aromatic rings. The summed E-state index contributed by atoms with van der Waals surface area (Å²) in [6.45, 7) is 10.5. The van der Waals surface area contributed by atoms with Gasteiger partial charge in [0, 0.05) is 19.7 Å². The first kappa shape index (κ1) is 15.9. The summed E-state index contributed by atoms with van der Waals surface area (Å²) in [5.74, 6) is 0.766. The molecule has 3 nitrogen and oxygen atoms in total. The van der Waals surface area contributed by atoms with E-state index in [4.69, 9.17) is 9.47 Å². The SMILES string of the molecule is COCC(C)OC1(CNC(C)C)CCCC(C)C1. The van der Waals surface area contributed by atoms with Crippen molar-refractivity contribution in [1.82, 2.24) is 5.32 Å². The van der Waals surface area contributed by atoms with E-state index in [1.165, 1.54) is 25.7 Å². The second-order valence-corrected chi connectivity index (χ2v) is 6.30. The Kier molecular flexibility index (Phi) is 6.61. The van der Waals surface area contributed by atoms with Crippen molar-refractivity contribution in [2.75, 3.05) is 20.3 Å². The third kappa shape index (κ3) is 5.25. The van der Waals surface area contributed by atoms with Crippen LogP contribution >= 0.6 is 0 Å². The van der Waals surface area contributed by atoms with Gasteiger partial charge in [0.15, 0.2) is 0 Å². The summed E-state index contributed by atoms with van der Waals surface area (Å²) in [7, 11) is 1.74. The number of hydrogen-bond acceptors (Lipinski definition) is 3. The Balaban J connectivity index is 2.60. The van der Waals surface area contributed by atoms with Crippen molar-refractivity contribution in [1.29, 1.82) is 0 Å². The Morgan fingerprint density at radius 3 is 2.61 bits per heavy atom. The fourth-order valence-electron chi connectivity index (χ4n) is 3.01. The number of hydrogen-bond donors (Lipinski definition) is 1. The predicted octanol–water partition coefficient (Wildman–Crippen LogP) is 2.98. The largest absolute Gasteiger partial charge is 0.382 e. The van der Waals surface area contributed by atoms with Crippen molar-refractivity contribution < 1.29 is 9.47 Å². The second-order valence-electron chi connectivity index (χ2n) is 6.30. The minimum Gasteiger partial charge on any atom is -0.382 e. The quantitative estimate of drug-likeness (QED) is 0.760. The summed E-state index contributed by atoms with van der Waals surface area (Å²) in [6, 6.07) is 0.514. The second kappa shape index (κ2) is 7.46. The summed E-state index contributed by atoms with van der Waals surface area (Å²) in [4.78, 5) is 0. The Morgan fingerprint density at radius 1 is 1.33 bits per heavy atom. The Morgan fingerprint density at radius 2 is 2.06 bits per heavy atom. The molecule has 3 unspecified atom stereocenters. The van der Waals surface area contributed by atoms with E-state index in [0.29, 0.717) is 12.6 Å². The first-order valence-corrected chi connectivity index (χ1v) is 7.37. The van der Waals surface area contributed by atoms with Gasteiger partial charge in [-0.25, -0.2) is 0 Å². The number of nitrogens with one attached hydrogen (secondary N) is 1. The summed E-state index contributed by atoms with van der Waals surface area (Å²) in [6.07, 6.45) is 5.13.